The van der Waals surface area contributed by atoms with E-state index in [2.05, 4.69) is 69.1 Å². The molecule has 5 rings (SSSR count). The molecule has 1 fully saturated rings. The van der Waals surface area contributed by atoms with Crippen molar-refractivity contribution in [2.75, 3.05) is 25.6 Å². The fourth-order valence-corrected chi connectivity index (χ4v) is 6.54. The van der Waals surface area contributed by atoms with Crippen LogP contribution in [0.1, 0.15) is 56.2 Å². The van der Waals surface area contributed by atoms with Crippen molar-refractivity contribution in [2.24, 2.45) is 4.99 Å². The van der Waals surface area contributed by atoms with E-state index in [4.69, 9.17) is 9.73 Å². The first-order valence-corrected chi connectivity index (χ1v) is 14.4. The van der Waals surface area contributed by atoms with Crippen LogP contribution in [0.25, 0.3) is 6.08 Å². The molecule has 2 aliphatic rings. The molecule has 1 amide bonds. The molecule has 0 aromatic heterocycles. The number of amides is 1. The Morgan fingerprint density at radius 1 is 1.08 bits per heavy atom. The highest BCUT2D eigenvalue weighted by Gasteiger charge is 2.36. The average Bonchev–Trinajstić information content (AvgIpc) is 3.21. The number of thioether (sulfide) groups is 1. The van der Waals surface area contributed by atoms with E-state index in [1.807, 2.05) is 47.4 Å². The van der Waals surface area contributed by atoms with Crippen LogP contribution in [0.5, 0.6) is 5.75 Å². The Morgan fingerprint density at radius 3 is 2.46 bits per heavy atom. The van der Waals surface area contributed by atoms with Gasteiger partial charge in [0.2, 0.25) is 0 Å². The first-order valence-electron chi connectivity index (χ1n) is 13.6. The van der Waals surface area contributed by atoms with Crippen LogP contribution < -0.4 is 9.64 Å². The lowest BCUT2D eigenvalue weighted by Crippen LogP contribution is -2.45. The van der Waals surface area contributed by atoms with E-state index in [1.165, 1.54) is 28.6 Å². The summed E-state index contributed by atoms with van der Waals surface area (Å²) in [5, 5.41) is 0.720. The monoisotopic (exact) mass is 539 g/mol. The zero-order valence-corrected chi connectivity index (χ0v) is 24.3. The number of aliphatic imine (C=N–C) groups is 1. The molecule has 1 saturated heterocycles. The normalized spacial score (nSPS) is 20.5. The highest BCUT2D eigenvalue weighted by atomic mass is 32.2. The van der Waals surface area contributed by atoms with Gasteiger partial charge >= 0.3 is 0 Å². The quantitative estimate of drug-likeness (QED) is 0.289. The maximum absolute atomic E-state index is 13.7. The smallest absolute Gasteiger partial charge is 0.266 e. The summed E-state index contributed by atoms with van der Waals surface area (Å²) in [6, 6.07) is 24.6. The Hall–Kier alpha value is -3.51. The number of anilines is 1. The molecule has 0 bridgehead atoms. The standard InChI is InChI=1S/C33H37N3O2S/c1-23-22-33(2,3)35(4)28-21-29(38-5)25(19-27(23)28)20-30-31(37)36(18-12-15-24-13-8-6-9-14-24)32(39-30)34-26-16-10-7-11-17-26/h6-11,13-14,16-17,19-21,23H,12,15,18,22H2,1-5H3/b30-20+,34-32?. The van der Waals surface area contributed by atoms with E-state index in [9.17, 15) is 4.79 Å². The van der Waals surface area contributed by atoms with E-state index in [-0.39, 0.29) is 11.4 Å². The third kappa shape index (κ3) is 5.76. The Balaban J connectivity index is 1.47. The van der Waals surface area contributed by atoms with Crippen molar-refractivity contribution < 1.29 is 9.53 Å². The molecule has 1 unspecified atom stereocenters. The Kier molecular flexibility index (Phi) is 7.85. The molecule has 3 aromatic carbocycles. The SMILES string of the molecule is COc1cc2c(cc1/C=C1/SC(=Nc3ccccc3)N(CCCc3ccccc3)C1=O)C(C)CC(C)(C)N2C. The summed E-state index contributed by atoms with van der Waals surface area (Å²) < 4.78 is 5.84. The van der Waals surface area contributed by atoms with E-state index in [0.29, 0.717) is 17.4 Å². The maximum atomic E-state index is 13.7. The number of ether oxygens (including phenoxy) is 1. The molecule has 0 radical (unpaired) electrons. The molecule has 0 saturated carbocycles. The van der Waals surface area contributed by atoms with E-state index in [0.717, 1.165) is 41.4 Å². The third-order valence-electron chi connectivity index (χ3n) is 7.83. The van der Waals surface area contributed by atoms with Gasteiger partial charge in [0.05, 0.1) is 17.7 Å². The van der Waals surface area contributed by atoms with Crippen molar-refractivity contribution in [3.05, 3.63) is 94.4 Å². The van der Waals surface area contributed by atoms with Gasteiger partial charge in [-0.15, -0.1) is 0 Å². The number of hydrogen-bond acceptors (Lipinski definition) is 5. The number of fused-ring (bicyclic) bond motifs is 1. The van der Waals surface area contributed by atoms with Crippen LogP contribution in [-0.4, -0.2) is 42.2 Å². The van der Waals surface area contributed by atoms with Gasteiger partial charge in [0.15, 0.2) is 5.17 Å². The molecule has 5 nitrogen and oxygen atoms in total. The lowest BCUT2D eigenvalue weighted by atomic mass is 9.80. The van der Waals surface area contributed by atoms with Crippen LogP contribution >= 0.6 is 11.8 Å². The lowest BCUT2D eigenvalue weighted by Gasteiger charge is -2.45. The van der Waals surface area contributed by atoms with Crippen molar-refractivity contribution in [3.8, 4) is 5.75 Å². The van der Waals surface area contributed by atoms with Gasteiger partial charge in [-0.05, 0) is 86.2 Å². The van der Waals surface area contributed by atoms with Crippen LogP contribution in [0.2, 0.25) is 0 Å². The van der Waals surface area contributed by atoms with Gasteiger partial charge in [-0.3, -0.25) is 9.69 Å². The predicted octanol–water partition coefficient (Wildman–Crippen LogP) is 7.65. The first-order chi connectivity index (χ1) is 18.8. The second kappa shape index (κ2) is 11.3. The topological polar surface area (TPSA) is 45.1 Å². The summed E-state index contributed by atoms with van der Waals surface area (Å²) >= 11 is 1.44. The number of carbonyl (C=O) groups is 1. The molecule has 202 valence electrons. The Bertz CT molecular complexity index is 1400. The van der Waals surface area contributed by atoms with Gasteiger partial charge in [-0.1, -0.05) is 55.5 Å². The molecular weight excluding hydrogens is 502 g/mol. The number of nitrogens with zero attached hydrogens (tertiary/aromatic N) is 3. The van der Waals surface area contributed by atoms with Gasteiger partial charge in [-0.2, -0.15) is 0 Å². The van der Waals surface area contributed by atoms with Gasteiger partial charge in [0, 0.05) is 36.4 Å². The minimum atomic E-state index is -0.00573. The van der Waals surface area contributed by atoms with E-state index in [1.54, 1.807) is 7.11 Å². The number of hydrogen-bond donors (Lipinski definition) is 0. The third-order valence-corrected chi connectivity index (χ3v) is 8.84. The number of carbonyl (C=O) groups excluding carboxylic acids is 1. The highest BCUT2D eigenvalue weighted by Crippen LogP contribution is 2.46. The summed E-state index contributed by atoms with van der Waals surface area (Å²) in [6.45, 7) is 7.46. The molecule has 0 aliphatic carbocycles. The van der Waals surface area contributed by atoms with E-state index >= 15 is 0 Å². The minimum absolute atomic E-state index is 0.00573. The van der Waals surface area contributed by atoms with E-state index < -0.39 is 0 Å². The van der Waals surface area contributed by atoms with Gasteiger partial charge in [-0.25, -0.2) is 4.99 Å². The number of methoxy groups -OCH3 is 1. The van der Waals surface area contributed by atoms with Crippen LogP contribution in [-0.2, 0) is 11.2 Å². The largest absolute Gasteiger partial charge is 0.496 e. The fourth-order valence-electron chi connectivity index (χ4n) is 5.53. The molecular formula is C33H37N3O2S. The molecule has 2 aliphatic heterocycles. The number of aryl methyl sites for hydroxylation is 1. The molecule has 0 spiro atoms. The summed E-state index contributed by atoms with van der Waals surface area (Å²) in [5.41, 5.74) is 5.59. The Morgan fingerprint density at radius 2 is 1.77 bits per heavy atom. The van der Waals surface area contributed by atoms with Crippen LogP contribution in [0.15, 0.2) is 82.7 Å². The summed E-state index contributed by atoms with van der Waals surface area (Å²) in [4.78, 5) is 23.5. The first kappa shape index (κ1) is 27.1. The molecule has 0 N–H and O–H groups in total. The van der Waals surface area contributed by atoms with Crippen molar-refractivity contribution in [1.82, 2.24) is 4.90 Å². The maximum Gasteiger partial charge on any atom is 0.266 e. The van der Waals surface area contributed by atoms with Crippen molar-refractivity contribution in [3.63, 3.8) is 0 Å². The van der Waals surface area contributed by atoms with Crippen molar-refractivity contribution in [1.29, 1.82) is 0 Å². The highest BCUT2D eigenvalue weighted by molar-refractivity contribution is 8.18. The molecule has 1 atom stereocenters. The predicted molar refractivity (Wildman–Crippen MR) is 164 cm³/mol. The summed E-state index contributed by atoms with van der Waals surface area (Å²) in [6.07, 6.45) is 4.82. The van der Waals surface area contributed by atoms with Gasteiger partial charge < -0.3 is 9.64 Å². The molecule has 2 heterocycles. The van der Waals surface area contributed by atoms with Crippen molar-refractivity contribution >= 4 is 40.3 Å². The second-order valence-electron chi connectivity index (χ2n) is 11.0. The zero-order valence-electron chi connectivity index (χ0n) is 23.5. The lowest BCUT2D eigenvalue weighted by molar-refractivity contribution is -0.122. The zero-order chi connectivity index (χ0) is 27.6. The van der Waals surface area contributed by atoms with Gasteiger partial charge in [0.1, 0.15) is 5.75 Å². The average molecular weight is 540 g/mol. The van der Waals surface area contributed by atoms with Crippen LogP contribution in [0, 0.1) is 0 Å². The summed E-state index contributed by atoms with van der Waals surface area (Å²) in [5.74, 6) is 1.18. The minimum Gasteiger partial charge on any atom is -0.496 e. The molecule has 3 aromatic rings. The van der Waals surface area contributed by atoms with Gasteiger partial charge in [0.25, 0.3) is 5.91 Å². The number of para-hydroxylation sites is 1. The summed E-state index contributed by atoms with van der Waals surface area (Å²) in [7, 11) is 3.85. The van der Waals surface area contributed by atoms with Crippen LogP contribution in [0.3, 0.4) is 0 Å². The van der Waals surface area contributed by atoms with Crippen molar-refractivity contribution in [2.45, 2.75) is 51.5 Å². The molecule has 39 heavy (non-hydrogen) atoms. The fraction of sp³-hybridized carbons (Fsp3) is 0.333. The second-order valence-corrected chi connectivity index (χ2v) is 12.0. The molecule has 6 heteroatoms. The Labute approximate surface area is 236 Å². The number of benzene rings is 3. The number of rotatable bonds is 7. The number of amidine groups is 1. The van der Waals surface area contributed by atoms with Crippen LogP contribution in [0.4, 0.5) is 11.4 Å².